The molecule has 0 radical (unpaired) electrons. The third-order valence-corrected chi connectivity index (χ3v) is 6.26. The molecule has 1 saturated carbocycles. The second kappa shape index (κ2) is 4.83. The van der Waals surface area contributed by atoms with E-state index in [-0.39, 0.29) is 0 Å². The van der Waals surface area contributed by atoms with Crippen LogP contribution in [0.1, 0.15) is 34.6 Å². The number of rotatable bonds is 5. The molecule has 2 N–H and O–H groups in total. The van der Waals surface area contributed by atoms with Gasteiger partial charge in [0, 0.05) is 13.1 Å². The Balaban J connectivity index is 1.82. The van der Waals surface area contributed by atoms with Crippen molar-refractivity contribution in [1.29, 1.82) is 0 Å². The molecule has 0 saturated heterocycles. The van der Waals surface area contributed by atoms with Crippen molar-refractivity contribution in [3.8, 4) is 0 Å². The summed E-state index contributed by atoms with van der Waals surface area (Å²) < 4.78 is 0. The zero-order valence-electron chi connectivity index (χ0n) is 13.4. The fraction of sp³-hybridized carbons (Fsp3) is 0.625. The van der Waals surface area contributed by atoms with Crippen LogP contribution in [-0.4, -0.2) is 23.1 Å². The quantitative estimate of drug-likeness (QED) is 0.868. The molecule has 114 valence electrons. The molecule has 0 unspecified atom stereocenters. The highest BCUT2D eigenvalue weighted by molar-refractivity contribution is 7.16. The zero-order chi connectivity index (χ0) is 15.3. The van der Waals surface area contributed by atoms with Crippen LogP contribution in [0.3, 0.4) is 0 Å². The van der Waals surface area contributed by atoms with Gasteiger partial charge in [0.1, 0.15) is 10.6 Å². The van der Waals surface area contributed by atoms with E-state index in [2.05, 4.69) is 66.7 Å². The maximum atomic E-state index is 4.63. The van der Waals surface area contributed by atoms with Gasteiger partial charge in [-0.1, -0.05) is 27.7 Å². The van der Waals surface area contributed by atoms with Crippen LogP contribution < -0.4 is 10.6 Å². The first-order valence-electron chi connectivity index (χ1n) is 7.61. The van der Waals surface area contributed by atoms with E-state index < -0.39 is 0 Å². The SMILES string of the molecule is CCNc1nc(NCC2C(C)(C)C2(C)C)c2ccsc2n1. The first kappa shape index (κ1) is 14.6. The molecule has 0 bridgehead atoms. The summed E-state index contributed by atoms with van der Waals surface area (Å²) in [5.74, 6) is 2.34. The Morgan fingerprint density at radius 3 is 2.48 bits per heavy atom. The number of fused-ring (bicyclic) bond motifs is 1. The van der Waals surface area contributed by atoms with Crippen LogP contribution in [0.25, 0.3) is 10.2 Å². The second-order valence-electron chi connectivity index (χ2n) is 6.94. The fourth-order valence-corrected chi connectivity index (χ4v) is 4.03. The molecular weight excluding hydrogens is 280 g/mol. The number of hydrogen-bond acceptors (Lipinski definition) is 5. The highest BCUT2D eigenvalue weighted by Gasteiger charge is 2.64. The summed E-state index contributed by atoms with van der Waals surface area (Å²) >= 11 is 1.66. The van der Waals surface area contributed by atoms with Crippen LogP contribution >= 0.6 is 11.3 Å². The standard InChI is InChI=1S/C16H24N4S/c1-6-17-14-19-12(10-7-8-21-13(10)20-14)18-9-11-15(2,3)16(11,4)5/h7-8,11H,6,9H2,1-5H3,(H2,17,18,19,20). The molecular formula is C16H24N4S. The van der Waals surface area contributed by atoms with Crippen LogP contribution in [-0.2, 0) is 0 Å². The highest BCUT2D eigenvalue weighted by atomic mass is 32.1. The Kier molecular flexibility index (Phi) is 3.35. The molecule has 1 aliphatic carbocycles. The summed E-state index contributed by atoms with van der Waals surface area (Å²) in [7, 11) is 0. The summed E-state index contributed by atoms with van der Waals surface area (Å²) in [6, 6.07) is 2.10. The van der Waals surface area contributed by atoms with Gasteiger partial charge in [0.25, 0.3) is 0 Å². The van der Waals surface area contributed by atoms with Crippen LogP contribution in [0.15, 0.2) is 11.4 Å². The van der Waals surface area contributed by atoms with E-state index in [9.17, 15) is 0 Å². The Labute approximate surface area is 130 Å². The number of aromatic nitrogens is 2. The molecule has 2 aromatic rings. The van der Waals surface area contributed by atoms with Gasteiger partial charge in [-0.15, -0.1) is 11.3 Å². The van der Waals surface area contributed by atoms with Crippen molar-refractivity contribution >= 4 is 33.3 Å². The molecule has 0 spiro atoms. The minimum absolute atomic E-state index is 0.394. The molecule has 4 nitrogen and oxygen atoms in total. The van der Waals surface area contributed by atoms with E-state index in [1.54, 1.807) is 11.3 Å². The summed E-state index contributed by atoms with van der Waals surface area (Å²) in [4.78, 5) is 10.2. The molecule has 2 aromatic heterocycles. The van der Waals surface area contributed by atoms with Crippen LogP contribution in [0, 0.1) is 16.7 Å². The van der Waals surface area contributed by atoms with Crippen molar-refractivity contribution in [2.45, 2.75) is 34.6 Å². The van der Waals surface area contributed by atoms with Gasteiger partial charge in [0.2, 0.25) is 5.95 Å². The lowest BCUT2D eigenvalue weighted by Gasteiger charge is -2.10. The molecule has 0 aromatic carbocycles. The Bertz CT molecular complexity index is 645. The van der Waals surface area contributed by atoms with Crippen molar-refractivity contribution in [2.75, 3.05) is 23.7 Å². The molecule has 21 heavy (non-hydrogen) atoms. The van der Waals surface area contributed by atoms with Crippen molar-refractivity contribution < 1.29 is 0 Å². The first-order valence-corrected chi connectivity index (χ1v) is 8.49. The molecule has 0 aliphatic heterocycles. The minimum Gasteiger partial charge on any atom is -0.369 e. The van der Waals surface area contributed by atoms with E-state index in [0.29, 0.717) is 22.7 Å². The number of hydrogen-bond donors (Lipinski definition) is 2. The van der Waals surface area contributed by atoms with Gasteiger partial charge in [0.15, 0.2) is 0 Å². The molecule has 2 heterocycles. The predicted molar refractivity (Wildman–Crippen MR) is 91.1 cm³/mol. The minimum atomic E-state index is 0.394. The lowest BCUT2D eigenvalue weighted by atomic mass is 10.0. The summed E-state index contributed by atoms with van der Waals surface area (Å²) in [5, 5.41) is 9.97. The normalized spacial score (nSPS) is 19.7. The second-order valence-corrected chi connectivity index (χ2v) is 7.84. The van der Waals surface area contributed by atoms with Crippen molar-refractivity contribution in [1.82, 2.24) is 9.97 Å². The number of thiophene rings is 1. The average molecular weight is 304 g/mol. The summed E-state index contributed by atoms with van der Waals surface area (Å²) in [6.07, 6.45) is 0. The maximum absolute atomic E-state index is 4.63. The maximum Gasteiger partial charge on any atom is 0.226 e. The third kappa shape index (κ3) is 2.27. The van der Waals surface area contributed by atoms with Gasteiger partial charge in [0.05, 0.1) is 5.39 Å². The average Bonchev–Trinajstić information content (AvgIpc) is 2.77. The van der Waals surface area contributed by atoms with Crippen LogP contribution in [0.2, 0.25) is 0 Å². The van der Waals surface area contributed by atoms with Gasteiger partial charge in [-0.2, -0.15) is 4.98 Å². The highest BCUT2D eigenvalue weighted by Crippen LogP contribution is 2.68. The Morgan fingerprint density at radius 2 is 1.86 bits per heavy atom. The van der Waals surface area contributed by atoms with E-state index >= 15 is 0 Å². The van der Waals surface area contributed by atoms with E-state index in [1.807, 2.05) is 0 Å². The number of anilines is 2. The summed E-state index contributed by atoms with van der Waals surface area (Å²) in [5.41, 5.74) is 0.788. The first-order chi connectivity index (χ1) is 9.88. The zero-order valence-corrected chi connectivity index (χ0v) is 14.3. The topological polar surface area (TPSA) is 49.8 Å². The van der Waals surface area contributed by atoms with Crippen LogP contribution in [0.5, 0.6) is 0 Å². The van der Waals surface area contributed by atoms with Gasteiger partial charge >= 0.3 is 0 Å². The summed E-state index contributed by atoms with van der Waals surface area (Å²) in [6.45, 7) is 13.3. The molecule has 1 fully saturated rings. The molecule has 1 aliphatic rings. The van der Waals surface area contributed by atoms with Crippen molar-refractivity contribution in [3.63, 3.8) is 0 Å². The van der Waals surface area contributed by atoms with Crippen LogP contribution in [0.4, 0.5) is 11.8 Å². The van der Waals surface area contributed by atoms with Gasteiger partial charge < -0.3 is 10.6 Å². The van der Waals surface area contributed by atoms with Crippen molar-refractivity contribution in [2.24, 2.45) is 16.7 Å². The molecule has 0 atom stereocenters. The third-order valence-electron chi connectivity index (χ3n) is 5.45. The lowest BCUT2D eigenvalue weighted by Crippen LogP contribution is -2.11. The van der Waals surface area contributed by atoms with Gasteiger partial charge in [-0.25, -0.2) is 4.98 Å². The Hall–Kier alpha value is -1.36. The Morgan fingerprint density at radius 1 is 1.14 bits per heavy atom. The van der Waals surface area contributed by atoms with E-state index in [4.69, 9.17) is 0 Å². The number of nitrogens with zero attached hydrogens (tertiary/aromatic N) is 2. The molecule has 5 heteroatoms. The van der Waals surface area contributed by atoms with E-state index in [0.717, 1.165) is 29.1 Å². The fourth-order valence-electron chi connectivity index (χ4n) is 3.27. The van der Waals surface area contributed by atoms with Crippen molar-refractivity contribution in [3.05, 3.63) is 11.4 Å². The largest absolute Gasteiger partial charge is 0.369 e. The monoisotopic (exact) mass is 304 g/mol. The van der Waals surface area contributed by atoms with Gasteiger partial charge in [-0.3, -0.25) is 0 Å². The predicted octanol–water partition coefficient (Wildman–Crippen LogP) is 4.22. The molecule has 0 amide bonds. The molecule has 3 rings (SSSR count). The van der Waals surface area contributed by atoms with E-state index in [1.165, 1.54) is 0 Å². The lowest BCUT2D eigenvalue weighted by molar-refractivity contribution is 0.457. The smallest absolute Gasteiger partial charge is 0.226 e. The van der Waals surface area contributed by atoms with Gasteiger partial charge in [-0.05, 0) is 35.1 Å². The number of nitrogens with one attached hydrogen (secondary N) is 2.